The van der Waals surface area contributed by atoms with Crippen molar-refractivity contribution in [3.05, 3.63) is 45.6 Å². The summed E-state index contributed by atoms with van der Waals surface area (Å²) in [5.74, 6) is 0.144. The van der Waals surface area contributed by atoms with E-state index in [0.717, 1.165) is 10.4 Å². The number of hydrogen-bond acceptors (Lipinski definition) is 2. The maximum Gasteiger partial charge on any atom is 0.170 e. The van der Waals surface area contributed by atoms with Crippen molar-refractivity contribution in [3.63, 3.8) is 0 Å². The van der Waals surface area contributed by atoms with Crippen LogP contribution in [0.3, 0.4) is 0 Å². The first-order chi connectivity index (χ1) is 7.59. The van der Waals surface area contributed by atoms with E-state index in [1.807, 2.05) is 11.4 Å². The fourth-order valence-corrected chi connectivity index (χ4v) is 2.63. The predicted molar refractivity (Wildman–Crippen MR) is 69.2 cm³/mol. The van der Waals surface area contributed by atoms with E-state index in [9.17, 15) is 4.79 Å². The summed E-state index contributed by atoms with van der Waals surface area (Å²) in [6.45, 7) is 5.78. The summed E-state index contributed by atoms with van der Waals surface area (Å²) < 4.78 is 0. The molecule has 0 N–H and O–H groups in total. The third kappa shape index (κ3) is 1.93. The van der Waals surface area contributed by atoms with Crippen molar-refractivity contribution in [1.29, 1.82) is 0 Å². The molecule has 1 aromatic heterocycles. The third-order valence-corrected chi connectivity index (χ3v) is 3.68. The second-order valence-corrected chi connectivity index (χ2v) is 4.95. The van der Waals surface area contributed by atoms with Gasteiger partial charge in [-0.1, -0.05) is 23.8 Å². The Kier molecular flexibility index (Phi) is 2.92. The van der Waals surface area contributed by atoms with E-state index in [2.05, 4.69) is 32.0 Å². The lowest BCUT2D eigenvalue weighted by Crippen LogP contribution is -1.92. The molecule has 16 heavy (non-hydrogen) atoms. The first kappa shape index (κ1) is 11.1. The SMILES string of the molecule is CC(=O)c1sccc1-c1cc(C)ccc1C. The quantitative estimate of drug-likeness (QED) is 0.705. The molecular weight excluding hydrogens is 216 g/mol. The summed E-state index contributed by atoms with van der Waals surface area (Å²) in [4.78, 5) is 12.4. The minimum atomic E-state index is 0.144. The molecule has 0 atom stereocenters. The van der Waals surface area contributed by atoms with Crippen LogP contribution in [-0.4, -0.2) is 5.78 Å². The molecule has 2 rings (SSSR count). The van der Waals surface area contributed by atoms with Crippen molar-refractivity contribution in [3.8, 4) is 11.1 Å². The molecule has 0 aliphatic rings. The zero-order valence-electron chi connectivity index (χ0n) is 9.70. The Labute approximate surface area is 99.8 Å². The molecular formula is C14H14OS. The van der Waals surface area contributed by atoms with Gasteiger partial charge in [0.1, 0.15) is 0 Å². The Hall–Kier alpha value is -1.41. The summed E-state index contributed by atoms with van der Waals surface area (Å²) >= 11 is 1.52. The van der Waals surface area contributed by atoms with Crippen molar-refractivity contribution in [2.24, 2.45) is 0 Å². The average molecular weight is 230 g/mol. The van der Waals surface area contributed by atoms with Crippen molar-refractivity contribution >= 4 is 17.1 Å². The van der Waals surface area contributed by atoms with Crippen molar-refractivity contribution < 1.29 is 4.79 Å². The molecule has 0 amide bonds. The number of hydrogen-bond donors (Lipinski definition) is 0. The number of thiophene rings is 1. The van der Waals surface area contributed by atoms with Crippen LogP contribution in [0.1, 0.15) is 27.7 Å². The number of carbonyl (C=O) groups is 1. The molecule has 82 valence electrons. The first-order valence-corrected chi connectivity index (χ1v) is 6.13. The molecule has 0 aliphatic carbocycles. The van der Waals surface area contributed by atoms with Crippen LogP contribution in [0.25, 0.3) is 11.1 Å². The molecule has 2 aromatic rings. The Morgan fingerprint density at radius 3 is 2.56 bits per heavy atom. The van der Waals surface area contributed by atoms with Gasteiger partial charge in [0.2, 0.25) is 0 Å². The second-order valence-electron chi connectivity index (χ2n) is 4.04. The highest BCUT2D eigenvalue weighted by Crippen LogP contribution is 2.31. The minimum absolute atomic E-state index is 0.144. The number of rotatable bonds is 2. The predicted octanol–water partition coefficient (Wildman–Crippen LogP) is 4.23. The van der Waals surface area contributed by atoms with Gasteiger partial charge in [-0.15, -0.1) is 11.3 Å². The van der Waals surface area contributed by atoms with Crippen LogP contribution in [0.4, 0.5) is 0 Å². The van der Waals surface area contributed by atoms with Crippen LogP contribution in [-0.2, 0) is 0 Å². The number of benzene rings is 1. The van der Waals surface area contributed by atoms with E-state index in [1.54, 1.807) is 6.92 Å². The lowest BCUT2D eigenvalue weighted by atomic mass is 9.98. The lowest BCUT2D eigenvalue weighted by molar-refractivity contribution is 0.102. The molecule has 0 bridgehead atoms. The summed E-state index contributed by atoms with van der Waals surface area (Å²) in [7, 11) is 0. The van der Waals surface area contributed by atoms with E-state index in [1.165, 1.54) is 28.0 Å². The molecule has 1 aromatic carbocycles. The largest absolute Gasteiger partial charge is 0.294 e. The lowest BCUT2D eigenvalue weighted by Gasteiger charge is -2.07. The molecule has 0 radical (unpaired) electrons. The molecule has 0 unspecified atom stereocenters. The van der Waals surface area contributed by atoms with Crippen molar-refractivity contribution in [2.75, 3.05) is 0 Å². The summed E-state index contributed by atoms with van der Waals surface area (Å²) in [6.07, 6.45) is 0. The van der Waals surface area contributed by atoms with Crippen LogP contribution >= 0.6 is 11.3 Å². The monoisotopic (exact) mass is 230 g/mol. The van der Waals surface area contributed by atoms with Gasteiger partial charge in [-0.3, -0.25) is 4.79 Å². The van der Waals surface area contributed by atoms with Crippen LogP contribution in [0.15, 0.2) is 29.6 Å². The molecule has 0 spiro atoms. The Morgan fingerprint density at radius 1 is 1.12 bits per heavy atom. The van der Waals surface area contributed by atoms with Gasteiger partial charge in [0, 0.05) is 5.56 Å². The summed E-state index contributed by atoms with van der Waals surface area (Å²) in [5.41, 5.74) is 4.68. The van der Waals surface area contributed by atoms with Crippen molar-refractivity contribution in [2.45, 2.75) is 20.8 Å². The number of carbonyl (C=O) groups excluding carboxylic acids is 1. The highest BCUT2D eigenvalue weighted by Gasteiger charge is 2.12. The zero-order valence-corrected chi connectivity index (χ0v) is 10.5. The standard InChI is InChI=1S/C14H14OS/c1-9-4-5-10(2)13(8-9)12-6-7-16-14(12)11(3)15/h4-8H,1-3H3. The Balaban J connectivity index is 2.62. The molecule has 0 aliphatic heterocycles. The third-order valence-electron chi connectivity index (χ3n) is 2.67. The maximum atomic E-state index is 11.5. The smallest absolute Gasteiger partial charge is 0.170 e. The number of aryl methyl sites for hydroxylation is 2. The number of Topliss-reactive ketones (excluding diaryl/α,β-unsaturated/α-hetero) is 1. The average Bonchev–Trinajstić information content (AvgIpc) is 2.70. The van der Waals surface area contributed by atoms with Crippen LogP contribution in [0, 0.1) is 13.8 Å². The molecule has 0 fully saturated rings. The van der Waals surface area contributed by atoms with E-state index >= 15 is 0 Å². The highest BCUT2D eigenvalue weighted by atomic mass is 32.1. The van der Waals surface area contributed by atoms with Gasteiger partial charge in [0.15, 0.2) is 5.78 Å². The first-order valence-electron chi connectivity index (χ1n) is 5.25. The van der Waals surface area contributed by atoms with Gasteiger partial charge in [0.25, 0.3) is 0 Å². The minimum Gasteiger partial charge on any atom is -0.294 e. The molecule has 1 nitrogen and oxygen atoms in total. The Bertz CT molecular complexity index is 537. The molecule has 1 heterocycles. The van der Waals surface area contributed by atoms with Crippen molar-refractivity contribution in [1.82, 2.24) is 0 Å². The zero-order chi connectivity index (χ0) is 11.7. The molecule has 0 saturated heterocycles. The van der Waals surface area contributed by atoms with E-state index < -0.39 is 0 Å². The number of ketones is 1. The highest BCUT2D eigenvalue weighted by molar-refractivity contribution is 7.12. The van der Waals surface area contributed by atoms with E-state index in [0.29, 0.717) is 0 Å². The summed E-state index contributed by atoms with van der Waals surface area (Å²) in [6, 6.07) is 8.37. The van der Waals surface area contributed by atoms with E-state index in [4.69, 9.17) is 0 Å². The van der Waals surface area contributed by atoms with Gasteiger partial charge in [0.05, 0.1) is 4.88 Å². The molecule has 2 heteroatoms. The van der Waals surface area contributed by atoms with Gasteiger partial charge in [-0.25, -0.2) is 0 Å². The fraction of sp³-hybridized carbons (Fsp3) is 0.214. The van der Waals surface area contributed by atoms with Crippen LogP contribution in [0.5, 0.6) is 0 Å². The fourth-order valence-electron chi connectivity index (χ4n) is 1.82. The van der Waals surface area contributed by atoms with E-state index in [-0.39, 0.29) is 5.78 Å². The van der Waals surface area contributed by atoms with Gasteiger partial charge >= 0.3 is 0 Å². The topological polar surface area (TPSA) is 17.1 Å². The van der Waals surface area contributed by atoms with Crippen LogP contribution < -0.4 is 0 Å². The molecule has 0 saturated carbocycles. The Morgan fingerprint density at radius 2 is 1.88 bits per heavy atom. The summed E-state index contributed by atoms with van der Waals surface area (Å²) in [5, 5.41) is 1.98. The van der Waals surface area contributed by atoms with Gasteiger partial charge in [-0.2, -0.15) is 0 Å². The van der Waals surface area contributed by atoms with Gasteiger partial charge < -0.3 is 0 Å². The second kappa shape index (κ2) is 4.22. The normalized spacial score (nSPS) is 10.4. The van der Waals surface area contributed by atoms with Crippen LogP contribution in [0.2, 0.25) is 0 Å². The van der Waals surface area contributed by atoms with Gasteiger partial charge in [-0.05, 0) is 43.3 Å². The maximum absolute atomic E-state index is 11.5.